The molecular weight excluding hydrogens is 417 g/mol. The molecular formula is C17H20Cl3N3O2S. The lowest BCUT2D eigenvalue weighted by Gasteiger charge is -2.31. The normalized spacial score (nSPS) is 16.8. The van der Waals surface area contributed by atoms with Crippen molar-refractivity contribution in [2.45, 2.75) is 13.0 Å². The fourth-order valence-corrected chi connectivity index (χ4v) is 3.79. The van der Waals surface area contributed by atoms with Gasteiger partial charge in [-0.2, -0.15) is 0 Å². The van der Waals surface area contributed by atoms with Crippen molar-refractivity contribution in [3.05, 3.63) is 40.1 Å². The van der Waals surface area contributed by atoms with Crippen LogP contribution in [-0.4, -0.2) is 43.0 Å². The van der Waals surface area contributed by atoms with Gasteiger partial charge in [-0.1, -0.05) is 17.7 Å². The molecule has 142 valence electrons. The highest BCUT2D eigenvalue weighted by atomic mass is 35.5. The smallest absolute Gasteiger partial charge is 0.337 e. The number of anilines is 1. The van der Waals surface area contributed by atoms with Crippen molar-refractivity contribution in [1.29, 1.82) is 0 Å². The van der Waals surface area contributed by atoms with E-state index in [4.69, 9.17) is 51.8 Å². The minimum absolute atomic E-state index is 0.422. The molecule has 1 heterocycles. The molecule has 0 fully saturated rings. The number of rotatable bonds is 7. The number of carbonyl (C=O) groups is 1. The molecule has 5 nitrogen and oxygen atoms in total. The Hall–Kier alpha value is -1.21. The number of esters is 1. The summed E-state index contributed by atoms with van der Waals surface area (Å²) >= 11 is 23.5. The fourth-order valence-electron chi connectivity index (χ4n) is 2.83. The Morgan fingerprint density at radius 3 is 2.50 bits per heavy atom. The molecule has 1 aromatic carbocycles. The van der Waals surface area contributed by atoms with Crippen LogP contribution in [0.3, 0.4) is 0 Å². The van der Waals surface area contributed by atoms with E-state index in [-0.39, 0.29) is 0 Å². The SMILES string of the molecule is COC(=O)C1=C(C)NC(=S)NC1c1ccc(N(CCCl)CCCl)cc1Cl. The van der Waals surface area contributed by atoms with Crippen molar-refractivity contribution in [2.24, 2.45) is 0 Å². The second kappa shape index (κ2) is 9.65. The summed E-state index contributed by atoms with van der Waals surface area (Å²) in [6, 6.07) is 5.14. The molecule has 0 spiro atoms. The van der Waals surface area contributed by atoms with Crippen molar-refractivity contribution in [2.75, 3.05) is 36.9 Å². The minimum Gasteiger partial charge on any atom is -0.466 e. The molecule has 1 aliphatic heterocycles. The molecule has 2 rings (SSSR count). The number of alkyl halides is 2. The van der Waals surface area contributed by atoms with Crippen molar-refractivity contribution in [3.8, 4) is 0 Å². The van der Waals surface area contributed by atoms with Gasteiger partial charge >= 0.3 is 5.97 Å². The molecule has 1 aliphatic rings. The fraction of sp³-hybridized carbons (Fsp3) is 0.412. The van der Waals surface area contributed by atoms with Crippen LogP contribution in [0, 0.1) is 0 Å². The highest BCUT2D eigenvalue weighted by Crippen LogP contribution is 2.34. The average Bonchev–Trinajstić information content (AvgIpc) is 2.60. The number of benzene rings is 1. The summed E-state index contributed by atoms with van der Waals surface area (Å²) in [6.45, 7) is 3.09. The zero-order valence-electron chi connectivity index (χ0n) is 14.4. The Morgan fingerprint density at radius 2 is 1.96 bits per heavy atom. The molecule has 1 atom stereocenters. The minimum atomic E-state index is -0.493. The van der Waals surface area contributed by atoms with Gasteiger partial charge in [0.15, 0.2) is 5.11 Å². The van der Waals surface area contributed by atoms with Gasteiger partial charge in [0.05, 0.1) is 18.7 Å². The highest BCUT2D eigenvalue weighted by molar-refractivity contribution is 7.80. The monoisotopic (exact) mass is 435 g/mol. The van der Waals surface area contributed by atoms with E-state index in [0.29, 0.717) is 46.3 Å². The van der Waals surface area contributed by atoms with Crippen LogP contribution in [-0.2, 0) is 9.53 Å². The number of halogens is 3. The Balaban J connectivity index is 2.42. The molecule has 2 N–H and O–H groups in total. The van der Waals surface area contributed by atoms with Gasteiger partial charge in [-0.05, 0) is 36.8 Å². The molecule has 0 saturated carbocycles. The summed E-state index contributed by atoms with van der Waals surface area (Å²) in [5.41, 5.74) is 2.72. The van der Waals surface area contributed by atoms with Gasteiger partial charge in [-0.15, -0.1) is 23.2 Å². The quantitative estimate of drug-likeness (QED) is 0.387. The van der Waals surface area contributed by atoms with Crippen molar-refractivity contribution in [1.82, 2.24) is 10.6 Å². The zero-order chi connectivity index (χ0) is 19.3. The van der Waals surface area contributed by atoms with Crippen LogP contribution < -0.4 is 15.5 Å². The topological polar surface area (TPSA) is 53.6 Å². The second-order valence-corrected chi connectivity index (χ2v) is 7.20. The standard InChI is InChI=1S/C17H20Cl3N3O2S/c1-10-14(16(24)25-2)15(22-17(26)21-10)12-4-3-11(9-13(12)20)23(7-5-18)8-6-19/h3-4,9,15H,5-8H2,1-2H3,(H2,21,22,26). The third-order valence-corrected chi connectivity index (χ3v) is 4.93. The number of methoxy groups -OCH3 is 1. The summed E-state index contributed by atoms with van der Waals surface area (Å²) in [6.07, 6.45) is 0. The van der Waals surface area contributed by atoms with Gasteiger partial charge in [-0.3, -0.25) is 0 Å². The maximum absolute atomic E-state index is 12.2. The van der Waals surface area contributed by atoms with Crippen molar-refractivity contribution < 1.29 is 9.53 Å². The Bertz CT molecular complexity index is 721. The second-order valence-electron chi connectivity index (χ2n) is 5.63. The average molecular weight is 437 g/mol. The van der Waals surface area contributed by atoms with E-state index < -0.39 is 12.0 Å². The van der Waals surface area contributed by atoms with Gasteiger partial charge in [-0.25, -0.2) is 4.79 Å². The van der Waals surface area contributed by atoms with Gasteiger partial charge in [0.2, 0.25) is 0 Å². The number of allylic oxidation sites excluding steroid dienone is 1. The van der Waals surface area contributed by atoms with E-state index in [1.54, 1.807) is 6.92 Å². The zero-order valence-corrected chi connectivity index (χ0v) is 17.5. The van der Waals surface area contributed by atoms with Crippen molar-refractivity contribution in [3.63, 3.8) is 0 Å². The van der Waals surface area contributed by atoms with Gasteiger partial charge in [0.25, 0.3) is 0 Å². The van der Waals surface area contributed by atoms with E-state index in [0.717, 1.165) is 11.3 Å². The highest BCUT2D eigenvalue weighted by Gasteiger charge is 2.32. The molecule has 1 unspecified atom stereocenters. The number of nitrogens with zero attached hydrogens (tertiary/aromatic N) is 1. The molecule has 0 saturated heterocycles. The maximum Gasteiger partial charge on any atom is 0.337 e. The van der Waals surface area contributed by atoms with E-state index in [1.165, 1.54) is 7.11 Å². The molecule has 1 aromatic rings. The first-order valence-electron chi connectivity index (χ1n) is 7.95. The van der Waals surface area contributed by atoms with Crippen molar-refractivity contribution >= 4 is 63.8 Å². The van der Waals surface area contributed by atoms with Crippen LogP contribution in [0.1, 0.15) is 18.5 Å². The summed E-state index contributed by atoms with van der Waals surface area (Å²) in [5, 5.41) is 6.96. The molecule has 9 heteroatoms. The molecule has 0 bridgehead atoms. The van der Waals surface area contributed by atoms with Crippen LogP contribution in [0.25, 0.3) is 0 Å². The lowest BCUT2D eigenvalue weighted by atomic mass is 9.95. The Kier molecular flexibility index (Phi) is 7.83. The van der Waals surface area contributed by atoms with Crippen LogP contribution in [0.5, 0.6) is 0 Å². The summed E-state index contributed by atoms with van der Waals surface area (Å²) < 4.78 is 4.91. The van der Waals surface area contributed by atoms with Gasteiger partial charge in [0, 0.05) is 41.3 Å². The summed E-state index contributed by atoms with van der Waals surface area (Å²) in [5.74, 6) is 0.518. The Labute approximate surface area is 173 Å². The van der Waals surface area contributed by atoms with E-state index in [9.17, 15) is 4.79 Å². The molecule has 26 heavy (non-hydrogen) atoms. The van der Waals surface area contributed by atoms with E-state index in [1.807, 2.05) is 18.2 Å². The predicted octanol–water partition coefficient (Wildman–Crippen LogP) is 3.59. The lowest BCUT2D eigenvalue weighted by Crippen LogP contribution is -2.45. The maximum atomic E-state index is 12.2. The summed E-state index contributed by atoms with van der Waals surface area (Å²) in [7, 11) is 1.34. The first kappa shape index (κ1) is 21.1. The number of thiocarbonyl (C=S) groups is 1. The molecule has 0 radical (unpaired) electrons. The Morgan fingerprint density at radius 1 is 1.31 bits per heavy atom. The summed E-state index contributed by atoms with van der Waals surface area (Å²) in [4.78, 5) is 14.3. The predicted molar refractivity (Wildman–Crippen MR) is 111 cm³/mol. The van der Waals surface area contributed by atoms with Gasteiger partial charge in [0.1, 0.15) is 0 Å². The van der Waals surface area contributed by atoms with Crippen LogP contribution >= 0.6 is 47.0 Å². The largest absolute Gasteiger partial charge is 0.466 e. The van der Waals surface area contributed by atoms with E-state index >= 15 is 0 Å². The lowest BCUT2D eigenvalue weighted by molar-refractivity contribution is -0.136. The first-order valence-corrected chi connectivity index (χ1v) is 9.81. The molecule has 0 aromatic heterocycles. The van der Waals surface area contributed by atoms with Crippen LogP contribution in [0.2, 0.25) is 5.02 Å². The van der Waals surface area contributed by atoms with Crippen LogP contribution in [0.15, 0.2) is 29.5 Å². The molecule has 0 aliphatic carbocycles. The first-order chi connectivity index (χ1) is 12.4. The number of hydrogen-bond acceptors (Lipinski definition) is 4. The number of hydrogen-bond donors (Lipinski definition) is 2. The molecule has 0 amide bonds. The number of nitrogens with one attached hydrogen (secondary N) is 2. The number of carbonyl (C=O) groups excluding carboxylic acids is 1. The van der Waals surface area contributed by atoms with Crippen LogP contribution in [0.4, 0.5) is 5.69 Å². The van der Waals surface area contributed by atoms with E-state index in [2.05, 4.69) is 15.5 Å². The third-order valence-electron chi connectivity index (χ3n) is 4.04. The van der Waals surface area contributed by atoms with Gasteiger partial charge < -0.3 is 20.3 Å². The number of ether oxygens (including phenoxy) is 1. The third kappa shape index (κ3) is 4.74.